The van der Waals surface area contributed by atoms with Crippen molar-refractivity contribution in [2.75, 3.05) is 18.6 Å². The molecule has 3 atom stereocenters. The molecule has 0 aromatic heterocycles. The van der Waals surface area contributed by atoms with E-state index in [1.165, 1.54) is 0 Å². The number of nitrogens with one attached hydrogen (secondary N) is 2. The summed E-state index contributed by atoms with van der Waals surface area (Å²) in [4.78, 5) is 57.7. The number of aryl methyl sites for hydroxylation is 1. The zero-order chi connectivity index (χ0) is 38.0. The fourth-order valence-corrected chi connectivity index (χ4v) is 6.12. The first-order valence-electron chi connectivity index (χ1n) is 18.5. The van der Waals surface area contributed by atoms with Gasteiger partial charge in [-0.05, 0) is 89.5 Å². The number of esters is 1. The van der Waals surface area contributed by atoms with Crippen molar-refractivity contribution in [3.8, 4) is 0 Å². The molecule has 9 nitrogen and oxygen atoms in total. The van der Waals surface area contributed by atoms with E-state index in [9.17, 15) is 19.2 Å². The third kappa shape index (κ3) is 16.6. The van der Waals surface area contributed by atoms with E-state index in [1.54, 1.807) is 58.2 Å². The SMILES string of the molecule is CCCCCCCCN(C(=O)C(CCSC)NC(=O)OC(C)(C)C)C(C(=O)NC(Cc1ccccc1)C(=O)OC(C)(C)C)c1ccc(CC)cc1. The summed E-state index contributed by atoms with van der Waals surface area (Å²) in [6, 6.07) is 14.1. The third-order valence-electron chi connectivity index (χ3n) is 8.19. The third-order valence-corrected chi connectivity index (χ3v) is 8.83. The number of hydrogen-bond acceptors (Lipinski definition) is 7. The molecule has 2 rings (SSSR count). The predicted octanol–water partition coefficient (Wildman–Crippen LogP) is 8.19. The molecule has 0 bridgehead atoms. The van der Waals surface area contributed by atoms with E-state index >= 15 is 0 Å². The minimum atomic E-state index is -1.07. The Morgan fingerprint density at radius 2 is 1.35 bits per heavy atom. The molecular formula is C41H63N3O6S. The van der Waals surface area contributed by atoms with Crippen LogP contribution < -0.4 is 10.6 Å². The molecule has 2 aromatic rings. The molecule has 3 amide bonds. The summed E-state index contributed by atoms with van der Waals surface area (Å²) in [5, 5.41) is 5.82. The first kappa shape index (κ1) is 43.6. The van der Waals surface area contributed by atoms with E-state index in [2.05, 4.69) is 24.5 Å². The number of ether oxygens (including phenoxy) is 2. The molecule has 2 aromatic carbocycles. The van der Waals surface area contributed by atoms with Crippen LogP contribution in [0.25, 0.3) is 0 Å². The molecule has 0 spiro atoms. The minimum absolute atomic E-state index is 0.213. The highest BCUT2D eigenvalue weighted by Crippen LogP contribution is 2.26. The highest BCUT2D eigenvalue weighted by molar-refractivity contribution is 7.98. The molecule has 0 saturated heterocycles. The van der Waals surface area contributed by atoms with Gasteiger partial charge in [0.25, 0.3) is 0 Å². The molecule has 0 fully saturated rings. The van der Waals surface area contributed by atoms with Crippen LogP contribution in [0.15, 0.2) is 54.6 Å². The first-order chi connectivity index (χ1) is 24.1. The Hall–Kier alpha value is -3.53. The van der Waals surface area contributed by atoms with Crippen LogP contribution in [0.1, 0.15) is 123 Å². The first-order valence-corrected chi connectivity index (χ1v) is 19.9. The fraction of sp³-hybridized carbons (Fsp3) is 0.610. The van der Waals surface area contributed by atoms with Gasteiger partial charge in [-0.3, -0.25) is 9.59 Å². The number of benzene rings is 2. The molecule has 0 saturated carbocycles. The van der Waals surface area contributed by atoms with Gasteiger partial charge in [0.05, 0.1) is 0 Å². The van der Waals surface area contributed by atoms with Crippen molar-refractivity contribution in [2.45, 2.75) is 143 Å². The Morgan fingerprint density at radius 1 is 0.745 bits per heavy atom. The monoisotopic (exact) mass is 725 g/mol. The maximum absolute atomic E-state index is 14.7. The van der Waals surface area contributed by atoms with Gasteiger partial charge in [0.1, 0.15) is 29.3 Å². The molecule has 2 N–H and O–H groups in total. The van der Waals surface area contributed by atoms with Gasteiger partial charge in [-0.25, -0.2) is 9.59 Å². The smallest absolute Gasteiger partial charge is 0.408 e. The zero-order valence-corrected chi connectivity index (χ0v) is 33.3. The molecule has 0 aliphatic rings. The normalized spacial score (nSPS) is 13.4. The Morgan fingerprint density at radius 3 is 1.92 bits per heavy atom. The molecule has 0 aliphatic carbocycles. The van der Waals surface area contributed by atoms with Crippen LogP contribution in [0.2, 0.25) is 0 Å². The van der Waals surface area contributed by atoms with E-state index < -0.39 is 47.3 Å². The van der Waals surface area contributed by atoms with Crippen LogP contribution in [-0.2, 0) is 36.7 Å². The summed E-state index contributed by atoms with van der Waals surface area (Å²) >= 11 is 1.57. The van der Waals surface area contributed by atoms with Gasteiger partial charge in [-0.15, -0.1) is 0 Å². The average Bonchev–Trinajstić information content (AvgIpc) is 3.06. The van der Waals surface area contributed by atoms with Gasteiger partial charge in [-0.1, -0.05) is 101 Å². The molecule has 10 heteroatoms. The number of hydrogen-bond donors (Lipinski definition) is 2. The second-order valence-electron chi connectivity index (χ2n) is 15.1. The molecule has 0 aliphatic heterocycles. The molecule has 284 valence electrons. The lowest BCUT2D eigenvalue weighted by molar-refractivity contribution is -0.159. The van der Waals surface area contributed by atoms with Crippen LogP contribution in [0, 0.1) is 0 Å². The maximum Gasteiger partial charge on any atom is 0.408 e. The summed E-state index contributed by atoms with van der Waals surface area (Å²) in [6.45, 7) is 15.2. The standard InChI is InChI=1S/C41H63N3O6S/c1-10-12-13-14-15-19-27-44(37(46)33(26-28-51-9)43-39(48)50-41(6,7)8)35(32-24-22-30(11-2)23-25-32)36(45)42-34(38(47)49-40(3,4)5)29-31-20-17-16-18-21-31/h16-18,20-25,33-35H,10-15,19,26-29H2,1-9H3,(H,42,45)(H,43,48). The van der Waals surface area contributed by atoms with Crippen molar-refractivity contribution in [2.24, 2.45) is 0 Å². The quantitative estimate of drug-likeness (QED) is 0.105. The summed E-state index contributed by atoms with van der Waals surface area (Å²) < 4.78 is 11.3. The number of thioether (sulfide) groups is 1. The minimum Gasteiger partial charge on any atom is -0.458 e. The van der Waals surface area contributed by atoms with Crippen LogP contribution in [-0.4, -0.2) is 70.6 Å². The summed E-state index contributed by atoms with van der Waals surface area (Å²) in [5.41, 5.74) is 1.04. The fourth-order valence-electron chi connectivity index (χ4n) is 5.65. The predicted molar refractivity (Wildman–Crippen MR) is 208 cm³/mol. The van der Waals surface area contributed by atoms with Gasteiger partial charge in [0, 0.05) is 13.0 Å². The van der Waals surface area contributed by atoms with Crippen LogP contribution >= 0.6 is 11.8 Å². The molecule has 0 radical (unpaired) electrons. The zero-order valence-electron chi connectivity index (χ0n) is 32.5. The van der Waals surface area contributed by atoms with E-state index in [-0.39, 0.29) is 12.3 Å². The Bertz CT molecular complexity index is 1350. The van der Waals surface area contributed by atoms with Gasteiger partial charge in [0.15, 0.2) is 0 Å². The number of alkyl carbamates (subject to hydrolysis) is 1. The van der Waals surface area contributed by atoms with E-state index in [4.69, 9.17) is 9.47 Å². The number of carbonyl (C=O) groups is 4. The lowest BCUT2D eigenvalue weighted by Gasteiger charge is -2.35. The number of amides is 3. The largest absolute Gasteiger partial charge is 0.458 e. The Kier molecular flexibility index (Phi) is 18.6. The van der Waals surface area contributed by atoms with E-state index in [0.717, 1.165) is 49.7 Å². The van der Waals surface area contributed by atoms with E-state index in [1.807, 2.05) is 60.9 Å². The van der Waals surface area contributed by atoms with Crippen molar-refractivity contribution < 1.29 is 28.7 Å². The van der Waals surface area contributed by atoms with E-state index in [0.29, 0.717) is 30.7 Å². The number of rotatable bonds is 20. The van der Waals surface area contributed by atoms with Crippen LogP contribution in [0.4, 0.5) is 4.79 Å². The van der Waals surface area contributed by atoms with Crippen molar-refractivity contribution in [3.63, 3.8) is 0 Å². The second-order valence-corrected chi connectivity index (χ2v) is 16.0. The highest BCUT2D eigenvalue weighted by Gasteiger charge is 2.38. The molecule has 51 heavy (non-hydrogen) atoms. The molecular weight excluding hydrogens is 663 g/mol. The van der Waals surface area contributed by atoms with Crippen molar-refractivity contribution >= 4 is 35.6 Å². The van der Waals surface area contributed by atoms with Crippen molar-refractivity contribution in [1.29, 1.82) is 0 Å². The Balaban J connectivity index is 2.63. The maximum atomic E-state index is 14.7. The van der Waals surface area contributed by atoms with Gasteiger partial charge < -0.3 is 25.0 Å². The van der Waals surface area contributed by atoms with Crippen LogP contribution in [0.3, 0.4) is 0 Å². The van der Waals surface area contributed by atoms with Gasteiger partial charge in [0.2, 0.25) is 11.8 Å². The number of carbonyl (C=O) groups excluding carboxylic acids is 4. The summed E-state index contributed by atoms with van der Waals surface area (Å²) in [7, 11) is 0. The number of nitrogens with zero attached hydrogens (tertiary/aromatic N) is 1. The van der Waals surface area contributed by atoms with Gasteiger partial charge in [-0.2, -0.15) is 11.8 Å². The highest BCUT2D eigenvalue weighted by atomic mass is 32.2. The Labute approximate surface area is 311 Å². The summed E-state index contributed by atoms with van der Waals surface area (Å²) in [6.07, 6.45) is 8.56. The lowest BCUT2D eigenvalue weighted by atomic mass is 9.98. The van der Waals surface area contributed by atoms with Crippen molar-refractivity contribution in [3.05, 3.63) is 71.3 Å². The van der Waals surface area contributed by atoms with Crippen molar-refractivity contribution in [1.82, 2.24) is 15.5 Å². The average molecular weight is 726 g/mol. The second kappa shape index (κ2) is 21.7. The molecule has 0 heterocycles. The van der Waals surface area contributed by atoms with Crippen LogP contribution in [0.5, 0.6) is 0 Å². The topological polar surface area (TPSA) is 114 Å². The van der Waals surface area contributed by atoms with Gasteiger partial charge >= 0.3 is 12.1 Å². The molecule has 3 unspecified atom stereocenters. The number of unbranched alkanes of at least 4 members (excludes halogenated alkanes) is 5. The lowest BCUT2D eigenvalue weighted by Crippen LogP contribution is -2.55. The summed E-state index contributed by atoms with van der Waals surface area (Å²) in [5.74, 6) is -0.818.